The van der Waals surface area contributed by atoms with Gasteiger partial charge < -0.3 is 49.6 Å². The molecule has 2 heterocycles. The number of benzene rings is 2. The summed E-state index contributed by atoms with van der Waals surface area (Å²) in [7, 11) is 0. The summed E-state index contributed by atoms with van der Waals surface area (Å²) in [5, 5.41) is 25.4. The average Bonchev–Trinajstić information content (AvgIpc) is 3.04. The van der Waals surface area contributed by atoms with Crippen molar-refractivity contribution in [1.82, 2.24) is 20.4 Å². The number of aliphatic hydroxyl groups is 2. The van der Waals surface area contributed by atoms with E-state index < -0.39 is 59.9 Å². The lowest BCUT2D eigenvalue weighted by Gasteiger charge is -2.36. The van der Waals surface area contributed by atoms with Crippen LogP contribution in [0.3, 0.4) is 0 Å². The molecule has 4 atom stereocenters. The van der Waals surface area contributed by atoms with Crippen LogP contribution in [0.25, 0.3) is 0 Å². The first-order valence-corrected chi connectivity index (χ1v) is 16.8. The molecule has 2 saturated heterocycles. The lowest BCUT2D eigenvalue weighted by Crippen LogP contribution is -2.57. The Bertz CT molecular complexity index is 1280. The number of carbonyl (C=O) groups is 4. The summed E-state index contributed by atoms with van der Waals surface area (Å²) >= 11 is 0. The van der Waals surface area contributed by atoms with Gasteiger partial charge in [-0.2, -0.15) is 0 Å². The highest BCUT2D eigenvalue weighted by molar-refractivity contribution is 5.70. The first kappa shape index (κ1) is 39.9. The fourth-order valence-corrected chi connectivity index (χ4v) is 5.03. The van der Waals surface area contributed by atoms with Crippen LogP contribution in [0, 0.1) is 0 Å². The molecule has 0 saturated carbocycles. The molecule has 50 heavy (non-hydrogen) atoms. The number of nitrogens with zero attached hydrogens (tertiary/aromatic N) is 2. The SMILES string of the molecule is CC(C)(C)OC(=O)N[C@@H]1CN(C(=O)OCc2ccccc2)CC[C@@H]1O.CC(C)(C)OC(=O)N[C@H]1CN(C(=O)OCc2ccccc2)CC[C@H]1O. The van der Waals surface area contributed by atoms with Crippen molar-refractivity contribution in [2.24, 2.45) is 0 Å². The molecule has 0 aliphatic carbocycles. The van der Waals surface area contributed by atoms with E-state index in [0.717, 1.165) is 11.1 Å². The van der Waals surface area contributed by atoms with Gasteiger partial charge in [0.05, 0.1) is 24.3 Å². The number of rotatable bonds is 6. The standard InChI is InChI=1S/2C18H26N2O5/c2*1-18(2,3)25-16(22)19-14-11-20(10-9-15(14)21)17(23)24-12-13-7-5-4-6-8-13/h2*4-8,14-15,21H,9-12H2,1-3H3,(H,19,22)/t2*14-,15+/m10/s1. The number of alkyl carbamates (subject to hydrolysis) is 2. The molecule has 14 heteroatoms. The van der Waals surface area contributed by atoms with Crippen molar-refractivity contribution in [3.8, 4) is 0 Å². The summed E-state index contributed by atoms with van der Waals surface area (Å²) in [5.41, 5.74) is 0.545. The smallest absolute Gasteiger partial charge is 0.410 e. The average molecular weight is 701 g/mol. The third kappa shape index (κ3) is 14.5. The molecule has 0 unspecified atom stereocenters. The Morgan fingerprint density at radius 2 is 0.980 bits per heavy atom. The van der Waals surface area contributed by atoms with E-state index in [1.165, 1.54) is 9.80 Å². The number of amides is 4. The highest BCUT2D eigenvalue weighted by atomic mass is 16.6. The van der Waals surface area contributed by atoms with Gasteiger partial charge in [-0.15, -0.1) is 0 Å². The van der Waals surface area contributed by atoms with Crippen LogP contribution >= 0.6 is 0 Å². The number of likely N-dealkylation sites (tertiary alicyclic amines) is 2. The number of piperidine rings is 2. The number of ether oxygens (including phenoxy) is 4. The summed E-state index contributed by atoms with van der Waals surface area (Å²) in [6.45, 7) is 12.0. The van der Waals surface area contributed by atoms with Crippen molar-refractivity contribution in [2.75, 3.05) is 26.2 Å². The van der Waals surface area contributed by atoms with E-state index in [1.54, 1.807) is 41.5 Å². The minimum Gasteiger partial charge on any atom is -0.445 e. The number of hydrogen-bond acceptors (Lipinski definition) is 10. The fraction of sp³-hybridized carbons (Fsp3) is 0.556. The molecule has 0 aromatic heterocycles. The van der Waals surface area contributed by atoms with Crippen molar-refractivity contribution in [2.45, 2.75) is 103 Å². The van der Waals surface area contributed by atoms with E-state index in [9.17, 15) is 29.4 Å². The van der Waals surface area contributed by atoms with Gasteiger partial charge in [0.15, 0.2) is 0 Å². The molecule has 4 rings (SSSR count). The van der Waals surface area contributed by atoms with Crippen LogP contribution in [0.1, 0.15) is 65.5 Å². The number of hydrogen-bond donors (Lipinski definition) is 4. The molecule has 0 spiro atoms. The topological polar surface area (TPSA) is 176 Å². The Labute approximate surface area is 294 Å². The third-order valence-electron chi connectivity index (χ3n) is 7.48. The predicted octanol–water partition coefficient (Wildman–Crippen LogP) is 4.57. The molecule has 4 amide bonds. The molecule has 2 aromatic carbocycles. The molecule has 2 aliphatic heterocycles. The summed E-state index contributed by atoms with van der Waals surface area (Å²) in [5.74, 6) is 0. The summed E-state index contributed by atoms with van der Waals surface area (Å²) in [4.78, 5) is 51.2. The van der Waals surface area contributed by atoms with E-state index in [2.05, 4.69) is 10.6 Å². The van der Waals surface area contributed by atoms with E-state index in [-0.39, 0.29) is 26.3 Å². The molecule has 0 radical (unpaired) electrons. The van der Waals surface area contributed by atoms with E-state index in [1.807, 2.05) is 60.7 Å². The minimum absolute atomic E-state index is 0.175. The predicted molar refractivity (Wildman–Crippen MR) is 184 cm³/mol. The second-order valence-electron chi connectivity index (χ2n) is 14.2. The Morgan fingerprint density at radius 3 is 1.30 bits per heavy atom. The zero-order valence-corrected chi connectivity index (χ0v) is 29.8. The van der Waals surface area contributed by atoms with Gasteiger partial charge in [-0.1, -0.05) is 60.7 Å². The molecule has 0 bridgehead atoms. The number of carbonyl (C=O) groups excluding carboxylic acids is 4. The van der Waals surface area contributed by atoms with E-state index >= 15 is 0 Å². The van der Waals surface area contributed by atoms with Gasteiger partial charge in [0, 0.05) is 26.2 Å². The Hall–Kier alpha value is -4.56. The Morgan fingerprint density at radius 1 is 0.640 bits per heavy atom. The lowest BCUT2D eigenvalue weighted by molar-refractivity contribution is 0.0178. The molecular weight excluding hydrogens is 648 g/mol. The van der Waals surface area contributed by atoms with Gasteiger partial charge in [-0.3, -0.25) is 0 Å². The molecule has 276 valence electrons. The van der Waals surface area contributed by atoms with Crippen molar-refractivity contribution < 1.29 is 48.3 Å². The van der Waals surface area contributed by atoms with Gasteiger partial charge in [0.1, 0.15) is 24.4 Å². The van der Waals surface area contributed by atoms with Crippen LogP contribution in [0.2, 0.25) is 0 Å². The monoisotopic (exact) mass is 700 g/mol. The third-order valence-corrected chi connectivity index (χ3v) is 7.48. The number of nitrogens with one attached hydrogen (secondary N) is 2. The van der Waals surface area contributed by atoms with Gasteiger partial charge in [-0.25, -0.2) is 19.2 Å². The summed E-state index contributed by atoms with van der Waals surface area (Å²) in [6, 6.07) is 17.6. The van der Waals surface area contributed by atoms with Gasteiger partial charge in [0.25, 0.3) is 0 Å². The normalized spacial score (nSPS) is 20.7. The maximum Gasteiger partial charge on any atom is 0.410 e. The lowest BCUT2D eigenvalue weighted by atomic mass is 10.0. The fourth-order valence-electron chi connectivity index (χ4n) is 5.03. The molecule has 2 aromatic rings. The van der Waals surface area contributed by atoms with Crippen molar-refractivity contribution in [3.63, 3.8) is 0 Å². The van der Waals surface area contributed by atoms with Gasteiger partial charge in [0.2, 0.25) is 0 Å². The van der Waals surface area contributed by atoms with Crippen LogP contribution in [0.15, 0.2) is 60.7 Å². The largest absolute Gasteiger partial charge is 0.445 e. The second kappa shape index (κ2) is 18.4. The first-order valence-electron chi connectivity index (χ1n) is 16.8. The maximum atomic E-state index is 12.2. The molecular formula is C36H52N4O10. The van der Waals surface area contributed by atoms with Gasteiger partial charge in [-0.05, 0) is 65.5 Å². The minimum atomic E-state index is -0.731. The zero-order valence-electron chi connectivity index (χ0n) is 29.8. The molecule has 2 aliphatic rings. The van der Waals surface area contributed by atoms with Gasteiger partial charge >= 0.3 is 24.4 Å². The molecule has 14 nitrogen and oxygen atoms in total. The first-order chi connectivity index (χ1) is 23.5. The van der Waals surface area contributed by atoms with Crippen molar-refractivity contribution in [3.05, 3.63) is 71.8 Å². The summed E-state index contributed by atoms with van der Waals surface area (Å²) < 4.78 is 21.0. The van der Waals surface area contributed by atoms with Crippen LogP contribution in [0.4, 0.5) is 19.2 Å². The maximum absolute atomic E-state index is 12.2. The van der Waals surface area contributed by atoms with Crippen molar-refractivity contribution in [1.29, 1.82) is 0 Å². The highest BCUT2D eigenvalue weighted by Crippen LogP contribution is 2.16. The van der Waals surface area contributed by atoms with Crippen LogP contribution in [-0.4, -0.2) is 106 Å². The van der Waals surface area contributed by atoms with Crippen LogP contribution in [0.5, 0.6) is 0 Å². The van der Waals surface area contributed by atoms with Crippen LogP contribution in [-0.2, 0) is 32.2 Å². The Balaban J connectivity index is 0.000000270. The quantitative estimate of drug-likeness (QED) is 0.313. The number of aliphatic hydroxyl groups excluding tert-OH is 2. The summed E-state index contributed by atoms with van der Waals surface area (Å²) in [6.07, 6.45) is -2.90. The molecule has 4 N–H and O–H groups in total. The highest BCUT2D eigenvalue weighted by Gasteiger charge is 2.34. The van der Waals surface area contributed by atoms with E-state index in [4.69, 9.17) is 18.9 Å². The zero-order chi connectivity index (χ0) is 36.9. The van der Waals surface area contributed by atoms with E-state index in [0.29, 0.717) is 25.9 Å². The van der Waals surface area contributed by atoms with Crippen molar-refractivity contribution >= 4 is 24.4 Å². The molecule has 2 fully saturated rings. The second-order valence-corrected chi connectivity index (χ2v) is 14.2. The Kier molecular flexibility index (Phi) is 14.7. The van der Waals surface area contributed by atoms with Crippen LogP contribution < -0.4 is 10.6 Å².